The molecule has 124 valence electrons. The molecular formula is C12H9F7O3. The molecule has 0 saturated carbocycles. The van der Waals surface area contributed by atoms with E-state index in [1.165, 1.54) is 6.92 Å². The van der Waals surface area contributed by atoms with Gasteiger partial charge in [0, 0.05) is 0 Å². The van der Waals surface area contributed by atoms with E-state index in [0.29, 0.717) is 0 Å². The standard InChI is InChI=1S/C12H9F7O3/c1-3-20-5(2)22-11-8(15)6(13)10(7(14)9(11)16)21-4-12(17,18)19/h2-4H2,1H3. The van der Waals surface area contributed by atoms with Gasteiger partial charge in [-0.25, -0.2) is 0 Å². The van der Waals surface area contributed by atoms with Gasteiger partial charge in [0.15, 0.2) is 12.4 Å². The van der Waals surface area contributed by atoms with Crippen molar-refractivity contribution in [3.63, 3.8) is 0 Å². The van der Waals surface area contributed by atoms with E-state index in [2.05, 4.69) is 20.8 Å². The van der Waals surface area contributed by atoms with E-state index < -0.39 is 53.5 Å². The lowest BCUT2D eigenvalue weighted by molar-refractivity contribution is -0.154. The Kier molecular flexibility index (Phi) is 5.50. The molecule has 0 aliphatic heterocycles. The third-order valence-electron chi connectivity index (χ3n) is 2.08. The first-order valence-electron chi connectivity index (χ1n) is 5.63. The molecule has 0 fully saturated rings. The van der Waals surface area contributed by atoms with Crippen molar-refractivity contribution < 1.29 is 44.9 Å². The summed E-state index contributed by atoms with van der Waals surface area (Å²) in [7, 11) is 0. The van der Waals surface area contributed by atoms with Crippen molar-refractivity contribution in [1.82, 2.24) is 0 Å². The molecule has 3 nitrogen and oxygen atoms in total. The second-order valence-corrected chi connectivity index (χ2v) is 3.73. The fourth-order valence-corrected chi connectivity index (χ4v) is 1.27. The first-order chi connectivity index (χ1) is 10.1. The smallest absolute Gasteiger partial charge is 0.422 e. The summed E-state index contributed by atoms with van der Waals surface area (Å²) in [6.45, 7) is 2.39. The van der Waals surface area contributed by atoms with Crippen LogP contribution in [-0.2, 0) is 4.74 Å². The van der Waals surface area contributed by atoms with Gasteiger partial charge < -0.3 is 14.2 Å². The normalized spacial score (nSPS) is 11.3. The van der Waals surface area contributed by atoms with Gasteiger partial charge in [-0.05, 0) is 13.5 Å². The van der Waals surface area contributed by atoms with Gasteiger partial charge in [0.1, 0.15) is 0 Å². The molecule has 0 bridgehead atoms. The van der Waals surface area contributed by atoms with Gasteiger partial charge in [-0.2, -0.15) is 30.7 Å². The number of alkyl halides is 3. The fourth-order valence-electron chi connectivity index (χ4n) is 1.27. The van der Waals surface area contributed by atoms with E-state index in [4.69, 9.17) is 0 Å². The molecule has 0 aromatic heterocycles. The quantitative estimate of drug-likeness (QED) is 0.446. The summed E-state index contributed by atoms with van der Waals surface area (Å²) in [5.74, 6) is -12.6. The lowest BCUT2D eigenvalue weighted by Gasteiger charge is -2.15. The molecule has 1 aromatic rings. The van der Waals surface area contributed by atoms with E-state index >= 15 is 0 Å². The third kappa shape index (κ3) is 4.18. The van der Waals surface area contributed by atoms with Crippen molar-refractivity contribution in [1.29, 1.82) is 0 Å². The van der Waals surface area contributed by atoms with Gasteiger partial charge in [0.05, 0.1) is 6.61 Å². The van der Waals surface area contributed by atoms with E-state index in [1.807, 2.05) is 0 Å². The highest BCUT2D eigenvalue weighted by atomic mass is 19.4. The topological polar surface area (TPSA) is 27.7 Å². The predicted octanol–water partition coefficient (Wildman–Crippen LogP) is 4.07. The van der Waals surface area contributed by atoms with E-state index in [0.717, 1.165) is 0 Å². The summed E-state index contributed by atoms with van der Waals surface area (Å²) in [5, 5.41) is 0. The van der Waals surface area contributed by atoms with Crippen LogP contribution in [0.25, 0.3) is 0 Å². The zero-order valence-corrected chi connectivity index (χ0v) is 11.0. The number of hydrogen-bond acceptors (Lipinski definition) is 3. The number of rotatable bonds is 6. The summed E-state index contributed by atoms with van der Waals surface area (Å²) in [5.41, 5.74) is 0. The van der Waals surface area contributed by atoms with E-state index in [9.17, 15) is 30.7 Å². The van der Waals surface area contributed by atoms with Crippen molar-refractivity contribution in [2.45, 2.75) is 13.1 Å². The Bertz CT molecular complexity index is 540. The van der Waals surface area contributed by atoms with Crippen molar-refractivity contribution in [2.24, 2.45) is 0 Å². The lowest BCUT2D eigenvalue weighted by atomic mass is 10.2. The second-order valence-electron chi connectivity index (χ2n) is 3.73. The van der Waals surface area contributed by atoms with Crippen LogP contribution in [0.4, 0.5) is 30.7 Å². The Morgan fingerprint density at radius 3 is 1.82 bits per heavy atom. The van der Waals surface area contributed by atoms with Crippen molar-refractivity contribution >= 4 is 0 Å². The van der Waals surface area contributed by atoms with Crippen LogP contribution in [0.15, 0.2) is 12.5 Å². The zero-order valence-electron chi connectivity index (χ0n) is 11.0. The number of benzene rings is 1. The molecule has 0 saturated heterocycles. The van der Waals surface area contributed by atoms with Crippen LogP contribution in [0.5, 0.6) is 11.5 Å². The maximum atomic E-state index is 13.6. The maximum absolute atomic E-state index is 13.6. The maximum Gasteiger partial charge on any atom is 0.422 e. The molecule has 0 aliphatic carbocycles. The summed E-state index contributed by atoms with van der Waals surface area (Å²) in [6.07, 6.45) is -4.95. The van der Waals surface area contributed by atoms with Crippen LogP contribution < -0.4 is 9.47 Å². The van der Waals surface area contributed by atoms with Gasteiger partial charge in [0.2, 0.25) is 29.0 Å². The third-order valence-corrected chi connectivity index (χ3v) is 2.08. The molecule has 0 spiro atoms. The van der Waals surface area contributed by atoms with E-state index in [1.54, 1.807) is 0 Å². The number of halogens is 7. The summed E-state index contributed by atoms with van der Waals surface area (Å²) in [4.78, 5) is 0. The minimum atomic E-state index is -4.95. The van der Waals surface area contributed by atoms with Crippen LogP contribution in [-0.4, -0.2) is 19.4 Å². The summed E-state index contributed by atoms with van der Waals surface area (Å²) in [6, 6.07) is 0. The molecule has 10 heteroatoms. The average molecular weight is 334 g/mol. The van der Waals surface area contributed by atoms with Gasteiger partial charge in [-0.1, -0.05) is 0 Å². The van der Waals surface area contributed by atoms with Crippen molar-refractivity contribution in [3.05, 3.63) is 35.8 Å². The van der Waals surface area contributed by atoms with E-state index in [-0.39, 0.29) is 6.61 Å². The Hall–Kier alpha value is -2.13. The Morgan fingerprint density at radius 2 is 1.41 bits per heavy atom. The van der Waals surface area contributed by atoms with Crippen LogP contribution in [0.3, 0.4) is 0 Å². The molecule has 1 aromatic carbocycles. The van der Waals surface area contributed by atoms with Crippen molar-refractivity contribution in [2.75, 3.05) is 13.2 Å². The molecule has 0 unspecified atom stereocenters. The van der Waals surface area contributed by atoms with Crippen molar-refractivity contribution in [3.8, 4) is 11.5 Å². The molecule has 0 amide bonds. The zero-order chi connectivity index (χ0) is 17.1. The largest absolute Gasteiger partial charge is 0.478 e. The molecule has 0 radical (unpaired) electrons. The molecule has 0 heterocycles. The molecule has 0 N–H and O–H groups in total. The first-order valence-corrected chi connectivity index (χ1v) is 5.63. The highest BCUT2D eigenvalue weighted by molar-refractivity contribution is 5.39. The molecule has 1 rings (SSSR count). The molecule has 0 atom stereocenters. The minimum absolute atomic E-state index is 0.0141. The van der Waals surface area contributed by atoms with Gasteiger partial charge in [-0.3, -0.25) is 0 Å². The summed E-state index contributed by atoms with van der Waals surface area (Å²) < 4.78 is 103. The van der Waals surface area contributed by atoms with Gasteiger partial charge in [0.25, 0.3) is 5.95 Å². The predicted molar refractivity (Wildman–Crippen MR) is 59.2 cm³/mol. The first kappa shape index (κ1) is 17.9. The molecular weight excluding hydrogens is 325 g/mol. The highest BCUT2D eigenvalue weighted by Crippen LogP contribution is 2.36. The fraction of sp³-hybridized carbons (Fsp3) is 0.333. The Morgan fingerprint density at radius 1 is 0.955 bits per heavy atom. The van der Waals surface area contributed by atoms with Crippen LogP contribution >= 0.6 is 0 Å². The van der Waals surface area contributed by atoms with Crippen LogP contribution in [0, 0.1) is 23.3 Å². The van der Waals surface area contributed by atoms with Gasteiger partial charge >= 0.3 is 6.18 Å². The highest BCUT2D eigenvalue weighted by Gasteiger charge is 2.33. The lowest BCUT2D eigenvalue weighted by Crippen LogP contribution is -2.21. The van der Waals surface area contributed by atoms with Crippen LogP contribution in [0.2, 0.25) is 0 Å². The Labute approximate surface area is 119 Å². The van der Waals surface area contributed by atoms with Crippen LogP contribution in [0.1, 0.15) is 6.92 Å². The summed E-state index contributed by atoms with van der Waals surface area (Å²) >= 11 is 0. The monoisotopic (exact) mass is 334 g/mol. The minimum Gasteiger partial charge on any atom is -0.478 e. The number of ether oxygens (including phenoxy) is 3. The SMILES string of the molecule is C=C(OCC)Oc1c(F)c(F)c(OCC(F)(F)F)c(F)c1F. The molecule has 22 heavy (non-hydrogen) atoms. The van der Waals surface area contributed by atoms with Gasteiger partial charge in [-0.15, -0.1) is 0 Å². The second kappa shape index (κ2) is 6.75. The number of hydrogen-bond donors (Lipinski definition) is 0. The average Bonchev–Trinajstić information content (AvgIpc) is 2.40. The molecule has 0 aliphatic rings. The Balaban J connectivity index is 3.17.